The Balaban J connectivity index is 2.05. The lowest BCUT2D eigenvalue weighted by Crippen LogP contribution is -2.07. The summed E-state index contributed by atoms with van der Waals surface area (Å²) in [6.07, 6.45) is 2.61. The van der Waals surface area contributed by atoms with Gasteiger partial charge in [-0.1, -0.05) is 0 Å². The second kappa shape index (κ2) is 3.86. The van der Waals surface area contributed by atoms with Gasteiger partial charge in [-0.05, 0) is 0 Å². The summed E-state index contributed by atoms with van der Waals surface area (Å²) in [5.74, 6) is -0.318. The fraction of sp³-hybridized carbons (Fsp3) is 0.143. The summed E-state index contributed by atoms with van der Waals surface area (Å²) in [5.41, 5.74) is -0.411. The van der Waals surface area contributed by atoms with E-state index in [-0.39, 0.29) is 12.4 Å². The third-order valence-corrected chi connectivity index (χ3v) is 1.63. The summed E-state index contributed by atoms with van der Waals surface area (Å²) in [6.45, 7) is 0.161. The molecule has 2 rings (SSSR count). The summed E-state index contributed by atoms with van der Waals surface area (Å²) < 4.78 is 13.0. The number of nitrogens with one attached hydrogen (secondary N) is 3. The van der Waals surface area contributed by atoms with Crippen molar-refractivity contribution in [3.63, 3.8) is 0 Å². The molecule has 0 saturated heterocycles. The minimum absolute atomic E-state index is 0.0151. The first-order valence-corrected chi connectivity index (χ1v) is 4.09. The molecule has 0 aromatic carbocycles. The molecule has 0 amide bonds. The van der Waals surface area contributed by atoms with E-state index >= 15 is 0 Å². The quantitative estimate of drug-likeness (QED) is 0.642. The molecule has 8 heteroatoms. The average Bonchev–Trinajstić information content (AvgIpc) is 2.63. The Morgan fingerprint density at radius 2 is 2.20 bits per heavy atom. The highest BCUT2D eigenvalue weighted by Crippen LogP contribution is 2.05. The highest BCUT2D eigenvalue weighted by atomic mass is 19.1. The van der Waals surface area contributed by atoms with E-state index in [0.29, 0.717) is 5.82 Å². The molecule has 0 aliphatic carbocycles. The Bertz CT molecular complexity index is 506. The van der Waals surface area contributed by atoms with Crippen LogP contribution in [-0.4, -0.2) is 25.1 Å². The van der Waals surface area contributed by atoms with Gasteiger partial charge in [-0.15, -0.1) is 0 Å². The molecule has 0 atom stereocenters. The van der Waals surface area contributed by atoms with Crippen LogP contribution in [0.15, 0.2) is 17.2 Å². The highest BCUT2D eigenvalue weighted by molar-refractivity contribution is 5.31. The predicted octanol–water partition coefficient (Wildman–Crippen LogP) is -0.361. The van der Waals surface area contributed by atoms with Crippen LogP contribution < -0.4 is 11.0 Å². The molecule has 0 radical (unpaired) electrons. The number of halogens is 1. The standard InChI is InChI=1S/C7H7FN6O/c8-5-6(10-2-1-9-5)11-3-4-12-7(15)14-13-4/h1-2H,3H2,(H,10,11)(H2,12,13,14,15). The van der Waals surface area contributed by atoms with Gasteiger partial charge in [0, 0.05) is 12.4 Å². The molecule has 0 spiro atoms. The fourth-order valence-corrected chi connectivity index (χ4v) is 0.996. The number of rotatable bonds is 3. The van der Waals surface area contributed by atoms with Gasteiger partial charge in [-0.25, -0.2) is 19.9 Å². The molecule has 2 aromatic heterocycles. The van der Waals surface area contributed by atoms with Crippen LogP contribution in [0.5, 0.6) is 0 Å². The zero-order chi connectivity index (χ0) is 10.7. The molecule has 3 N–H and O–H groups in total. The minimum atomic E-state index is -0.699. The van der Waals surface area contributed by atoms with Crippen LogP contribution in [0, 0.1) is 5.95 Å². The molecule has 0 unspecified atom stereocenters. The van der Waals surface area contributed by atoms with E-state index in [4.69, 9.17) is 0 Å². The highest BCUT2D eigenvalue weighted by Gasteiger charge is 2.04. The average molecular weight is 210 g/mol. The maximum Gasteiger partial charge on any atom is 0.340 e. The van der Waals surface area contributed by atoms with Crippen molar-refractivity contribution in [1.82, 2.24) is 25.1 Å². The zero-order valence-electron chi connectivity index (χ0n) is 7.49. The van der Waals surface area contributed by atoms with Crippen LogP contribution in [0.3, 0.4) is 0 Å². The monoisotopic (exact) mass is 210 g/mol. The van der Waals surface area contributed by atoms with E-state index in [1.54, 1.807) is 0 Å². The number of anilines is 1. The Hall–Kier alpha value is -2.25. The van der Waals surface area contributed by atoms with Gasteiger partial charge in [-0.2, -0.15) is 9.49 Å². The van der Waals surface area contributed by atoms with E-state index in [1.165, 1.54) is 12.4 Å². The third kappa shape index (κ3) is 2.16. The number of hydrogen-bond acceptors (Lipinski definition) is 5. The molecular formula is C7H7FN6O. The second-order valence-electron chi connectivity index (χ2n) is 2.67. The maximum atomic E-state index is 13.0. The van der Waals surface area contributed by atoms with Crippen molar-refractivity contribution in [3.8, 4) is 0 Å². The van der Waals surface area contributed by atoms with E-state index < -0.39 is 11.6 Å². The van der Waals surface area contributed by atoms with Crippen molar-refractivity contribution in [1.29, 1.82) is 0 Å². The normalized spacial score (nSPS) is 10.2. The first-order chi connectivity index (χ1) is 7.25. The molecule has 78 valence electrons. The Labute approximate surface area is 82.8 Å². The smallest absolute Gasteiger partial charge is 0.340 e. The van der Waals surface area contributed by atoms with Crippen LogP contribution in [0.1, 0.15) is 5.82 Å². The minimum Gasteiger partial charge on any atom is -0.359 e. The number of H-pyrrole nitrogens is 2. The Morgan fingerprint density at radius 1 is 1.40 bits per heavy atom. The molecule has 2 heterocycles. The first kappa shape index (κ1) is 9.31. The predicted molar refractivity (Wildman–Crippen MR) is 48.5 cm³/mol. The van der Waals surface area contributed by atoms with E-state index in [9.17, 15) is 9.18 Å². The van der Waals surface area contributed by atoms with Crippen LogP contribution in [0.25, 0.3) is 0 Å². The van der Waals surface area contributed by atoms with E-state index in [0.717, 1.165) is 0 Å². The van der Waals surface area contributed by atoms with Gasteiger partial charge in [-0.3, -0.25) is 4.98 Å². The molecular weight excluding hydrogens is 203 g/mol. The SMILES string of the molecule is O=c1[nH]nc(CNc2nccnc2F)[nH]1. The number of hydrogen-bond donors (Lipinski definition) is 3. The van der Waals surface area contributed by atoms with Gasteiger partial charge in [0.15, 0.2) is 5.82 Å². The third-order valence-electron chi connectivity index (χ3n) is 1.63. The topological polar surface area (TPSA) is 99.3 Å². The maximum absolute atomic E-state index is 13.0. The van der Waals surface area contributed by atoms with Crippen molar-refractivity contribution < 1.29 is 4.39 Å². The van der Waals surface area contributed by atoms with Crippen molar-refractivity contribution in [2.45, 2.75) is 6.54 Å². The molecule has 0 aliphatic rings. The van der Waals surface area contributed by atoms with Crippen LogP contribution in [0.2, 0.25) is 0 Å². The van der Waals surface area contributed by atoms with Crippen molar-refractivity contribution in [2.75, 3.05) is 5.32 Å². The Kier molecular flexibility index (Phi) is 2.40. The molecule has 0 fully saturated rings. The molecule has 0 saturated carbocycles. The molecule has 7 nitrogen and oxygen atoms in total. The second-order valence-corrected chi connectivity index (χ2v) is 2.67. The number of aromatic amines is 2. The molecule has 0 bridgehead atoms. The lowest BCUT2D eigenvalue weighted by molar-refractivity contribution is 0.580. The summed E-state index contributed by atoms with van der Waals surface area (Å²) in [6, 6.07) is 0. The van der Waals surface area contributed by atoms with Gasteiger partial charge in [0.1, 0.15) is 5.82 Å². The van der Waals surface area contributed by atoms with Crippen LogP contribution >= 0.6 is 0 Å². The van der Waals surface area contributed by atoms with Gasteiger partial charge in [0.25, 0.3) is 5.95 Å². The van der Waals surface area contributed by atoms with Crippen LogP contribution in [0.4, 0.5) is 10.2 Å². The summed E-state index contributed by atoms with van der Waals surface area (Å²) >= 11 is 0. The summed E-state index contributed by atoms with van der Waals surface area (Å²) in [5, 5.41) is 8.46. The Morgan fingerprint density at radius 3 is 2.87 bits per heavy atom. The van der Waals surface area contributed by atoms with Crippen molar-refractivity contribution in [2.24, 2.45) is 0 Å². The zero-order valence-corrected chi connectivity index (χ0v) is 7.49. The fourth-order valence-electron chi connectivity index (χ4n) is 0.996. The largest absolute Gasteiger partial charge is 0.359 e. The summed E-state index contributed by atoms with van der Waals surface area (Å²) in [4.78, 5) is 20.2. The first-order valence-electron chi connectivity index (χ1n) is 4.09. The van der Waals surface area contributed by atoms with Gasteiger partial charge in [0.05, 0.1) is 6.54 Å². The van der Waals surface area contributed by atoms with Gasteiger partial charge >= 0.3 is 5.69 Å². The van der Waals surface area contributed by atoms with E-state index in [2.05, 4.69) is 30.5 Å². The van der Waals surface area contributed by atoms with Crippen molar-refractivity contribution >= 4 is 5.82 Å². The van der Waals surface area contributed by atoms with Crippen molar-refractivity contribution in [3.05, 3.63) is 34.7 Å². The van der Waals surface area contributed by atoms with Gasteiger partial charge in [0.2, 0.25) is 0 Å². The molecule has 15 heavy (non-hydrogen) atoms. The lowest BCUT2D eigenvalue weighted by Gasteiger charge is -2.01. The lowest BCUT2D eigenvalue weighted by atomic mass is 10.5. The van der Waals surface area contributed by atoms with E-state index in [1.807, 2.05) is 0 Å². The van der Waals surface area contributed by atoms with Gasteiger partial charge < -0.3 is 5.32 Å². The molecule has 0 aliphatic heterocycles. The van der Waals surface area contributed by atoms with Crippen LogP contribution in [-0.2, 0) is 6.54 Å². The number of nitrogens with zero attached hydrogens (tertiary/aromatic N) is 3. The number of aromatic nitrogens is 5. The molecule has 2 aromatic rings. The summed E-state index contributed by atoms with van der Waals surface area (Å²) in [7, 11) is 0.